The maximum Gasteiger partial charge on any atom is 0.251 e. The van der Waals surface area contributed by atoms with E-state index in [1.54, 1.807) is 35.4 Å². The van der Waals surface area contributed by atoms with Gasteiger partial charge in [0, 0.05) is 43.6 Å². The van der Waals surface area contributed by atoms with Crippen LogP contribution in [0.1, 0.15) is 65.0 Å². The number of hydrogen-bond donors (Lipinski definition) is 10. The molecule has 4 aromatic rings. The summed E-state index contributed by atoms with van der Waals surface area (Å²) >= 11 is 0. The fourth-order valence-electron chi connectivity index (χ4n) is 11.0. The Balaban J connectivity index is 0.994. The van der Waals surface area contributed by atoms with Crippen molar-refractivity contribution in [3.8, 4) is 22.5 Å². The van der Waals surface area contributed by atoms with Crippen molar-refractivity contribution in [3.05, 3.63) is 72.3 Å². The second-order valence-electron chi connectivity index (χ2n) is 21.3. The molecule has 0 bridgehead atoms. The first kappa shape index (κ1) is 61.9. The van der Waals surface area contributed by atoms with Crippen molar-refractivity contribution in [2.75, 3.05) is 39.5 Å². The van der Waals surface area contributed by atoms with Crippen LogP contribution in [0.5, 0.6) is 0 Å². The number of aliphatic hydroxyl groups excluding tert-OH is 8. The third-order valence-electron chi connectivity index (χ3n) is 15.7. The van der Waals surface area contributed by atoms with Crippen molar-refractivity contribution >= 4 is 17.7 Å². The minimum atomic E-state index is -1.84. The Kier molecular flexibility index (Phi) is 20.2. The van der Waals surface area contributed by atoms with E-state index in [1.807, 2.05) is 13.0 Å². The summed E-state index contributed by atoms with van der Waals surface area (Å²) < 4.78 is 88.0. The Bertz CT molecular complexity index is 2800. The summed E-state index contributed by atoms with van der Waals surface area (Å²) in [6, 6.07) is 6.44. The highest BCUT2D eigenvalue weighted by Crippen LogP contribution is 2.41. The van der Waals surface area contributed by atoms with E-state index in [-0.39, 0.29) is 49.6 Å². The predicted molar refractivity (Wildman–Crippen MR) is 275 cm³/mol. The molecule has 456 valence electrons. The monoisotopic (exact) mass is 1180 g/mol. The van der Waals surface area contributed by atoms with E-state index in [9.17, 15) is 68.4 Å². The molecule has 3 amide bonds. The van der Waals surface area contributed by atoms with Gasteiger partial charge in [-0.2, -0.15) is 0 Å². The van der Waals surface area contributed by atoms with Gasteiger partial charge in [-0.1, -0.05) is 54.1 Å². The molecule has 4 saturated heterocycles. The van der Waals surface area contributed by atoms with Crippen molar-refractivity contribution in [1.29, 1.82) is 0 Å². The maximum absolute atomic E-state index is 14.6. The van der Waals surface area contributed by atoms with Crippen LogP contribution in [0, 0.1) is 23.4 Å². The average Bonchev–Trinajstić information content (AvgIpc) is 4.37. The molecule has 5 fully saturated rings. The number of hydrogen-bond acceptors (Lipinski definition) is 22. The van der Waals surface area contributed by atoms with Gasteiger partial charge < -0.3 is 89.5 Å². The zero-order valence-electron chi connectivity index (χ0n) is 45.4. The smallest absolute Gasteiger partial charge is 0.251 e. The van der Waals surface area contributed by atoms with Gasteiger partial charge in [0.1, 0.15) is 90.6 Å². The Morgan fingerprint density at radius 3 is 2.06 bits per heavy atom. The first-order valence-corrected chi connectivity index (χ1v) is 27.5. The minimum absolute atomic E-state index is 0.0979. The lowest BCUT2D eigenvalue weighted by atomic mass is 9.80. The molecule has 27 nitrogen and oxygen atoms in total. The van der Waals surface area contributed by atoms with E-state index in [0.717, 1.165) is 17.3 Å². The summed E-state index contributed by atoms with van der Waals surface area (Å²) in [6.07, 6.45) is -20.2. The summed E-state index contributed by atoms with van der Waals surface area (Å²) in [5.41, 5.74) is 0.695. The molecule has 30 heteroatoms. The van der Waals surface area contributed by atoms with Crippen LogP contribution in [0.25, 0.3) is 22.5 Å². The third-order valence-corrected chi connectivity index (χ3v) is 15.7. The first-order valence-electron chi connectivity index (χ1n) is 27.5. The quantitative estimate of drug-likeness (QED) is 0.0330. The normalized spacial score (nSPS) is 34.2. The lowest BCUT2D eigenvalue weighted by Gasteiger charge is -2.49. The van der Waals surface area contributed by atoms with Gasteiger partial charge >= 0.3 is 0 Å². The number of benzene rings is 2. The highest BCUT2D eigenvalue weighted by atomic mass is 19.2. The van der Waals surface area contributed by atoms with Crippen molar-refractivity contribution in [1.82, 2.24) is 45.5 Å². The van der Waals surface area contributed by atoms with Crippen molar-refractivity contribution in [3.63, 3.8) is 0 Å². The van der Waals surface area contributed by atoms with Crippen LogP contribution in [0.3, 0.4) is 0 Å². The van der Waals surface area contributed by atoms with E-state index in [2.05, 4.69) is 31.3 Å². The third kappa shape index (κ3) is 13.6. The maximum atomic E-state index is 14.6. The number of likely N-dealkylation sites (tertiary alicyclic amines) is 1. The number of ether oxygens (including phenoxy) is 7. The highest BCUT2D eigenvalue weighted by molar-refractivity contribution is 5.81. The van der Waals surface area contributed by atoms with Gasteiger partial charge in [0.05, 0.1) is 50.5 Å². The summed E-state index contributed by atoms with van der Waals surface area (Å²) in [5, 5.41) is 110. The second-order valence-corrected chi connectivity index (χ2v) is 21.3. The van der Waals surface area contributed by atoms with E-state index >= 15 is 0 Å². The predicted octanol–water partition coefficient (Wildman–Crippen LogP) is -1.65. The summed E-state index contributed by atoms with van der Waals surface area (Å²) in [6.45, 7) is 3.31. The number of amides is 3. The number of halogens is 3. The van der Waals surface area contributed by atoms with Gasteiger partial charge in [0.25, 0.3) is 5.91 Å². The Hall–Kier alpha value is -5.68. The Labute approximate surface area is 473 Å². The number of aliphatic hydroxyl groups is 8. The molecule has 5 aliphatic rings. The largest absolute Gasteiger partial charge is 0.394 e. The first-order chi connectivity index (χ1) is 39.8. The molecule has 9 rings (SSSR count). The highest BCUT2D eigenvalue weighted by Gasteiger charge is 2.54. The Morgan fingerprint density at radius 2 is 1.41 bits per heavy atom. The summed E-state index contributed by atoms with van der Waals surface area (Å²) in [7, 11) is 0. The Morgan fingerprint density at radius 1 is 0.759 bits per heavy atom. The zero-order valence-corrected chi connectivity index (χ0v) is 45.4. The lowest BCUT2D eigenvalue weighted by molar-refractivity contribution is -0.337. The molecule has 10 N–H and O–H groups in total. The molecule has 6 heterocycles. The fourth-order valence-corrected chi connectivity index (χ4v) is 11.0. The molecule has 20 atom stereocenters. The minimum Gasteiger partial charge on any atom is -0.394 e. The molecule has 1 aliphatic carbocycles. The number of rotatable bonds is 21. The topological polar surface area (TPSA) is 366 Å². The van der Waals surface area contributed by atoms with E-state index < -0.39 is 165 Å². The van der Waals surface area contributed by atoms with Crippen LogP contribution >= 0.6 is 0 Å². The molecule has 2 aromatic carbocycles. The van der Waals surface area contributed by atoms with Crippen molar-refractivity contribution in [2.24, 2.45) is 5.92 Å². The fraction of sp³-hybridized carbons (Fsp3) is 0.642. The van der Waals surface area contributed by atoms with Gasteiger partial charge in [-0.05, 0) is 44.7 Å². The standard InChI is InChI=1S/C53H70F3N9O18/c1-4-9-34(50(76)63-13-8-14-63)79-48-39(58-25(3)68)51(81-37(23-67)43(48)71)80-35-19-28(18-33(64-20-31(59-61-64)26-10-6-5-7-11-26)47(35)83-53-46(74)45(73)41(69)24(2)78-53)49(75)57-12-15-77-52-44(72)40(42(70)36(22-66)82-52)65-21-32(60-62-65)27-16-29(54)38(56)30(55)17-27/h5-7,10-11,16-17,20-21,24,28,33-37,39-48,51-53,66-67,69-74H,4,8-9,12-15,18-19,22-23H2,1-3H3,(H,57,75)(H,58,68)/t24?,28?,33?,34-,35+,36?,37?,39?,40?,41+,42+,43-,44?,45?,46?,47?,48?,51+,52-,53-/m0/s1. The van der Waals surface area contributed by atoms with Crippen LogP contribution < -0.4 is 10.6 Å². The van der Waals surface area contributed by atoms with Crippen LogP contribution in [0.4, 0.5) is 13.2 Å². The van der Waals surface area contributed by atoms with E-state index in [4.69, 9.17) is 33.2 Å². The van der Waals surface area contributed by atoms with Crippen molar-refractivity contribution in [2.45, 2.75) is 169 Å². The van der Waals surface area contributed by atoms with E-state index in [0.29, 0.717) is 42.9 Å². The van der Waals surface area contributed by atoms with Gasteiger partial charge in [0.2, 0.25) is 11.8 Å². The number of carbonyl (C=O) groups excluding carboxylic acids is 3. The average molecular weight is 1180 g/mol. The molecule has 0 spiro atoms. The van der Waals surface area contributed by atoms with Crippen LogP contribution in [0.15, 0.2) is 54.9 Å². The van der Waals surface area contributed by atoms with Gasteiger partial charge in [-0.15, -0.1) is 10.2 Å². The molecule has 0 radical (unpaired) electrons. The SMILES string of the molecule is CCC[C@H](OC1C(NC(C)=O)[C@H](O[C@@H]2CC(C(=O)NCCO[C@H]3OC(CO)[C@@H](O)C(n4cc(-c5cc(F)c(F)c(F)c5)nn4)C3O)CC(n3cc(-c4ccccc4)nn3)C2O[C@@H]2OC(C)[C@@H](O)C(O)C2O)OC(CO)[C@@H]1O)C(=O)N1CCC1. The molecule has 1 saturated carbocycles. The van der Waals surface area contributed by atoms with Crippen LogP contribution in [-0.2, 0) is 47.5 Å². The number of aromatic nitrogens is 6. The lowest BCUT2D eigenvalue weighted by Crippen LogP contribution is -2.67. The van der Waals surface area contributed by atoms with Gasteiger partial charge in [-0.25, -0.2) is 22.5 Å². The summed E-state index contributed by atoms with van der Waals surface area (Å²) in [4.78, 5) is 43.1. The number of nitrogens with one attached hydrogen (secondary N) is 2. The van der Waals surface area contributed by atoms with E-state index in [1.165, 1.54) is 18.5 Å². The molecule has 4 aliphatic heterocycles. The second kappa shape index (κ2) is 27.1. The van der Waals surface area contributed by atoms with Gasteiger partial charge in [0.15, 0.2) is 36.3 Å². The van der Waals surface area contributed by atoms with Crippen molar-refractivity contribution < 1.29 is 102 Å². The number of carbonyl (C=O) groups is 3. The molecule has 2 aromatic heterocycles. The van der Waals surface area contributed by atoms with Crippen LogP contribution in [-0.4, -0.2) is 237 Å². The summed E-state index contributed by atoms with van der Waals surface area (Å²) in [5.74, 6) is -7.31. The van der Waals surface area contributed by atoms with Gasteiger partial charge in [-0.3, -0.25) is 14.4 Å². The molecule has 12 unspecified atom stereocenters. The number of nitrogens with zero attached hydrogens (tertiary/aromatic N) is 7. The van der Waals surface area contributed by atoms with Crippen LogP contribution in [0.2, 0.25) is 0 Å². The molecule has 83 heavy (non-hydrogen) atoms. The molecular formula is C53H70F3N9O18. The molecular weight excluding hydrogens is 1110 g/mol. The zero-order chi connectivity index (χ0) is 59.4.